The molecule has 1 aliphatic rings. The molecule has 0 aromatic heterocycles. The number of rotatable bonds is 1. The second-order valence-corrected chi connectivity index (χ2v) is 1.90. The maximum Gasteiger partial charge on any atom is 0.233 e. The van der Waals surface area contributed by atoms with E-state index in [0.717, 1.165) is 0 Å². The van der Waals surface area contributed by atoms with Gasteiger partial charge in [0.15, 0.2) is 5.78 Å². The molecule has 0 radical (unpaired) electrons. The summed E-state index contributed by atoms with van der Waals surface area (Å²) in [5.41, 5.74) is 4.87. The summed E-state index contributed by atoms with van der Waals surface area (Å²) in [5, 5.41) is 0. The average molecular weight is 138 g/mol. The minimum Gasteiger partial charge on any atom is -0.369 e. The van der Waals surface area contributed by atoms with Gasteiger partial charge in [-0.1, -0.05) is 0 Å². The zero-order valence-corrected chi connectivity index (χ0v) is 5.15. The van der Waals surface area contributed by atoms with E-state index >= 15 is 0 Å². The van der Waals surface area contributed by atoms with Crippen molar-refractivity contribution in [2.45, 2.75) is 0 Å². The number of allylic oxidation sites excluding steroid dienone is 1. The molecule has 1 atom stereocenters. The third kappa shape index (κ3) is 1.10. The molecule has 0 spiro atoms. The first-order valence-corrected chi connectivity index (χ1v) is 2.75. The summed E-state index contributed by atoms with van der Waals surface area (Å²) >= 11 is 0. The summed E-state index contributed by atoms with van der Waals surface area (Å²) in [6, 6.07) is 0. The van der Waals surface area contributed by atoms with Crippen LogP contribution >= 0.6 is 0 Å². The number of carbonyl (C=O) groups excluding carboxylic acids is 2. The zero-order chi connectivity index (χ0) is 7.56. The maximum atomic E-state index is 10.8. The molecule has 1 aliphatic heterocycles. The van der Waals surface area contributed by atoms with Crippen molar-refractivity contribution >= 4 is 17.9 Å². The van der Waals surface area contributed by atoms with E-state index in [0.29, 0.717) is 0 Å². The summed E-state index contributed by atoms with van der Waals surface area (Å²) in [7, 11) is 0. The second-order valence-electron chi connectivity index (χ2n) is 1.90. The van der Waals surface area contributed by atoms with Crippen molar-refractivity contribution in [3.63, 3.8) is 0 Å². The molecule has 1 rings (SSSR count). The van der Waals surface area contributed by atoms with Gasteiger partial charge in [0.2, 0.25) is 5.91 Å². The first-order valence-electron chi connectivity index (χ1n) is 2.75. The first kappa shape index (κ1) is 6.67. The summed E-state index contributed by atoms with van der Waals surface area (Å²) in [4.78, 5) is 24.8. The van der Waals surface area contributed by atoms with Gasteiger partial charge in [-0.2, -0.15) is 0 Å². The molecule has 4 nitrogen and oxygen atoms in total. The average Bonchev–Trinajstić information content (AvgIpc) is 1.88. The summed E-state index contributed by atoms with van der Waals surface area (Å²) < 4.78 is 0. The highest BCUT2D eigenvalue weighted by Crippen LogP contribution is 2.00. The Morgan fingerprint density at radius 3 is 2.80 bits per heavy atom. The molecule has 0 bridgehead atoms. The van der Waals surface area contributed by atoms with E-state index < -0.39 is 11.8 Å². The molecule has 0 aromatic rings. The van der Waals surface area contributed by atoms with Crippen LogP contribution in [0.4, 0.5) is 0 Å². The molecule has 10 heavy (non-hydrogen) atoms. The van der Waals surface area contributed by atoms with Gasteiger partial charge < -0.3 is 5.73 Å². The Kier molecular flexibility index (Phi) is 1.62. The van der Waals surface area contributed by atoms with Crippen molar-refractivity contribution in [2.75, 3.05) is 0 Å². The van der Waals surface area contributed by atoms with Crippen molar-refractivity contribution in [1.29, 1.82) is 0 Å². The fraction of sp³-hybridized carbons (Fsp3) is 0.167. The number of nitrogens with zero attached hydrogens (tertiary/aromatic N) is 1. The number of carbonyl (C=O) groups is 2. The maximum absolute atomic E-state index is 10.8. The lowest BCUT2D eigenvalue weighted by atomic mass is 10.0. The predicted molar refractivity (Wildman–Crippen MR) is 35.3 cm³/mol. The molecule has 1 amide bonds. The number of nitrogens with two attached hydrogens (primary N) is 1. The lowest BCUT2D eigenvalue weighted by Gasteiger charge is -2.04. The van der Waals surface area contributed by atoms with Crippen LogP contribution in [0.1, 0.15) is 0 Å². The number of amides is 1. The van der Waals surface area contributed by atoms with Crippen molar-refractivity contribution in [1.82, 2.24) is 0 Å². The lowest BCUT2D eigenvalue weighted by molar-refractivity contribution is -0.126. The third-order valence-corrected chi connectivity index (χ3v) is 1.17. The number of hydrogen-bond acceptors (Lipinski definition) is 3. The first-order chi connectivity index (χ1) is 4.72. The SMILES string of the molecule is NC(=O)C1C=NC=CC1=O. The standard InChI is InChI=1S/C6H6N2O2/c7-6(10)4-3-8-2-1-5(4)9/h1-4H,(H2,7,10). The van der Waals surface area contributed by atoms with Crippen LogP contribution in [0.3, 0.4) is 0 Å². The molecule has 0 aromatic carbocycles. The fourth-order valence-corrected chi connectivity index (χ4v) is 0.643. The summed E-state index contributed by atoms with van der Waals surface area (Å²) in [6.07, 6.45) is 3.81. The summed E-state index contributed by atoms with van der Waals surface area (Å²) in [6.45, 7) is 0. The molecule has 1 unspecified atom stereocenters. The molecule has 52 valence electrons. The van der Waals surface area contributed by atoms with Gasteiger partial charge in [0.05, 0.1) is 0 Å². The van der Waals surface area contributed by atoms with Gasteiger partial charge in [-0.15, -0.1) is 0 Å². The zero-order valence-electron chi connectivity index (χ0n) is 5.15. The number of ketones is 1. The normalized spacial score (nSPS) is 23.2. The quantitative estimate of drug-likeness (QED) is 0.484. The monoisotopic (exact) mass is 138 g/mol. The molecule has 0 saturated heterocycles. The van der Waals surface area contributed by atoms with E-state index in [4.69, 9.17) is 5.73 Å². The largest absolute Gasteiger partial charge is 0.369 e. The van der Waals surface area contributed by atoms with E-state index in [1.54, 1.807) is 0 Å². The van der Waals surface area contributed by atoms with Crippen LogP contribution in [0.15, 0.2) is 17.3 Å². The highest BCUT2D eigenvalue weighted by atomic mass is 16.2. The van der Waals surface area contributed by atoms with E-state index in [1.807, 2.05) is 0 Å². The van der Waals surface area contributed by atoms with Gasteiger partial charge in [0.1, 0.15) is 5.92 Å². The molecule has 4 heteroatoms. The van der Waals surface area contributed by atoms with Crippen molar-refractivity contribution in [2.24, 2.45) is 16.6 Å². The van der Waals surface area contributed by atoms with Gasteiger partial charge in [-0.05, 0) is 0 Å². The fourth-order valence-electron chi connectivity index (χ4n) is 0.643. The van der Waals surface area contributed by atoms with Crippen LogP contribution < -0.4 is 5.73 Å². The van der Waals surface area contributed by atoms with Crippen molar-refractivity contribution in [3.8, 4) is 0 Å². The second kappa shape index (κ2) is 2.43. The Labute approximate surface area is 57.4 Å². The Balaban J connectivity index is 2.80. The minimum absolute atomic E-state index is 0.303. The highest BCUT2D eigenvalue weighted by molar-refractivity contribution is 6.18. The highest BCUT2D eigenvalue weighted by Gasteiger charge is 2.20. The van der Waals surface area contributed by atoms with Crippen LogP contribution in [0.5, 0.6) is 0 Å². The number of aliphatic imine (C=N–C) groups is 1. The van der Waals surface area contributed by atoms with E-state index in [9.17, 15) is 9.59 Å². The van der Waals surface area contributed by atoms with Crippen molar-refractivity contribution in [3.05, 3.63) is 12.3 Å². The molecule has 1 heterocycles. The lowest BCUT2D eigenvalue weighted by Crippen LogP contribution is -2.31. The number of primary amides is 1. The molecule has 0 fully saturated rings. The van der Waals surface area contributed by atoms with Gasteiger partial charge >= 0.3 is 0 Å². The Morgan fingerprint density at radius 2 is 2.40 bits per heavy atom. The topological polar surface area (TPSA) is 72.5 Å². The molecule has 0 saturated carbocycles. The Bertz CT molecular complexity index is 230. The van der Waals surface area contributed by atoms with Gasteiger partial charge in [0, 0.05) is 18.5 Å². The third-order valence-electron chi connectivity index (χ3n) is 1.17. The smallest absolute Gasteiger partial charge is 0.233 e. The predicted octanol–water partition coefficient (Wildman–Crippen LogP) is -0.745. The minimum atomic E-state index is -0.856. The molecular formula is C6H6N2O2. The Morgan fingerprint density at radius 1 is 1.70 bits per heavy atom. The van der Waals surface area contributed by atoms with Crippen LogP contribution in [-0.4, -0.2) is 17.9 Å². The summed E-state index contributed by atoms with van der Waals surface area (Å²) in [5.74, 6) is -1.81. The molecular weight excluding hydrogens is 132 g/mol. The number of hydrogen-bond donors (Lipinski definition) is 1. The Hall–Kier alpha value is -1.45. The van der Waals surface area contributed by atoms with E-state index in [2.05, 4.69) is 4.99 Å². The molecule has 2 N–H and O–H groups in total. The van der Waals surface area contributed by atoms with Crippen LogP contribution in [0.2, 0.25) is 0 Å². The van der Waals surface area contributed by atoms with Crippen LogP contribution in [0, 0.1) is 5.92 Å². The van der Waals surface area contributed by atoms with E-state index in [1.165, 1.54) is 18.5 Å². The van der Waals surface area contributed by atoms with Crippen molar-refractivity contribution < 1.29 is 9.59 Å². The van der Waals surface area contributed by atoms with E-state index in [-0.39, 0.29) is 5.78 Å². The van der Waals surface area contributed by atoms with Gasteiger partial charge in [-0.3, -0.25) is 14.6 Å². The molecule has 0 aliphatic carbocycles. The van der Waals surface area contributed by atoms with Gasteiger partial charge in [-0.25, -0.2) is 0 Å². The van der Waals surface area contributed by atoms with Gasteiger partial charge in [0.25, 0.3) is 0 Å². The van der Waals surface area contributed by atoms with Crippen LogP contribution in [0.25, 0.3) is 0 Å². The van der Waals surface area contributed by atoms with Crippen LogP contribution in [-0.2, 0) is 9.59 Å².